The van der Waals surface area contributed by atoms with Crippen molar-refractivity contribution in [2.45, 2.75) is 6.17 Å². The lowest BCUT2D eigenvalue weighted by Gasteiger charge is -2.24. The number of nitrogens with one attached hydrogen (secondary N) is 1. The maximum Gasteiger partial charge on any atom is 0.0879 e. The largest absolute Gasteiger partial charge is 0.297 e. The lowest BCUT2D eigenvalue weighted by atomic mass is 9.95. The Labute approximate surface area is 141 Å². The summed E-state index contributed by atoms with van der Waals surface area (Å²) in [6, 6.07) is 21.3. The molecule has 3 heteroatoms. The van der Waals surface area contributed by atoms with Crippen LogP contribution in [0, 0.1) is 0 Å². The van der Waals surface area contributed by atoms with Gasteiger partial charge in [-0.2, -0.15) is 0 Å². The van der Waals surface area contributed by atoms with E-state index in [2.05, 4.69) is 65.8 Å². The van der Waals surface area contributed by atoms with Crippen LogP contribution in [0.5, 0.6) is 0 Å². The van der Waals surface area contributed by atoms with E-state index in [4.69, 9.17) is 11.6 Å². The molecule has 1 heterocycles. The average molecular weight is 323 g/mol. The molecule has 1 atom stereocenters. The first-order valence-electron chi connectivity index (χ1n) is 7.95. The van der Waals surface area contributed by atoms with Gasteiger partial charge in [0.15, 0.2) is 0 Å². The van der Waals surface area contributed by atoms with Crippen LogP contribution < -0.4 is 5.32 Å². The van der Waals surface area contributed by atoms with Crippen molar-refractivity contribution < 1.29 is 0 Å². The Morgan fingerprint density at radius 3 is 2.61 bits per heavy atom. The molecular weight excluding hydrogens is 304 g/mol. The average Bonchev–Trinajstić information content (AvgIpc) is 3.00. The van der Waals surface area contributed by atoms with Gasteiger partial charge in [0, 0.05) is 23.7 Å². The molecule has 3 aromatic rings. The number of nitrogens with zero attached hydrogens (tertiary/aromatic N) is 1. The third-order valence-corrected chi connectivity index (χ3v) is 4.96. The maximum absolute atomic E-state index is 6.58. The van der Waals surface area contributed by atoms with Crippen molar-refractivity contribution in [1.82, 2.24) is 10.2 Å². The van der Waals surface area contributed by atoms with Crippen molar-refractivity contribution >= 4 is 22.4 Å². The Hall–Kier alpha value is -1.87. The highest BCUT2D eigenvalue weighted by atomic mass is 35.5. The van der Waals surface area contributed by atoms with Crippen molar-refractivity contribution in [3.63, 3.8) is 0 Å². The monoisotopic (exact) mass is 322 g/mol. The number of benzene rings is 3. The van der Waals surface area contributed by atoms with E-state index in [1.165, 1.54) is 27.5 Å². The van der Waals surface area contributed by atoms with Crippen LogP contribution in [0.4, 0.5) is 0 Å². The summed E-state index contributed by atoms with van der Waals surface area (Å²) in [4.78, 5) is 2.31. The van der Waals surface area contributed by atoms with Crippen LogP contribution in [0.25, 0.3) is 21.9 Å². The molecule has 116 valence electrons. The molecule has 1 saturated heterocycles. The Kier molecular flexibility index (Phi) is 3.82. The summed E-state index contributed by atoms with van der Waals surface area (Å²) in [5, 5.41) is 6.89. The van der Waals surface area contributed by atoms with Crippen LogP contribution in [0.1, 0.15) is 11.7 Å². The molecular formula is C20H19ClN2. The standard InChI is InChI=1S/C20H19ClN2/c1-23-12-11-22-20(23)19-17(7-4-8-18(19)21)16-10-9-14-5-2-3-6-15(14)13-16/h2-10,13,20,22H,11-12H2,1H3. The fourth-order valence-corrected chi connectivity index (χ4v) is 3.69. The highest BCUT2D eigenvalue weighted by Crippen LogP contribution is 2.37. The fourth-order valence-electron chi connectivity index (χ4n) is 3.41. The smallest absolute Gasteiger partial charge is 0.0879 e. The summed E-state index contributed by atoms with van der Waals surface area (Å²) in [5.74, 6) is 0. The normalized spacial score (nSPS) is 18.6. The second-order valence-electron chi connectivity index (χ2n) is 6.10. The van der Waals surface area contributed by atoms with E-state index < -0.39 is 0 Å². The summed E-state index contributed by atoms with van der Waals surface area (Å²) in [6.07, 6.45) is 0.171. The zero-order valence-corrected chi connectivity index (χ0v) is 13.8. The predicted molar refractivity (Wildman–Crippen MR) is 97.8 cm³/mol. The van der Waals surface area contributed by atoms with Gasteiger partial charge < -0.3 is 0 Å². The van der Waals surface area contributed by atoms with E-state index in [1.807, 2.05) is 12.1 Å². The molecule has 0 aliphatic carbocycles. The fraction of sp³-hybridized carbons (Fsp3) is 0.200. The SMILES string of the molecule is CN1CCNC1c1c(Cl)cccc1-c1ccc2ccccc2c1. The van der Waals surface area contributed by atoms with Gasteiger partial charge in [-0.15, -0.1) is 0 Å². The van der Waals surface area contributed by atoms with Gasteiger partial charge in [0.2, 0.25) is 0 Å². The van der Waals surface area contributed by atoms with Gasteiger partial charge in [0.05, 0.1) is 6.17 Å². The van der Waals surface area contributed by atoms with Gasteiger partial charge in [-0.1, -0.05) is 60.1 Å². The van der Waals surface area contributed by atoms with Crippen molar-refractivity contribution in [1.29, 1.82) is 0 Å². The Morgan fingerprint density at radius 2 is 1.83 bits per heavy atom. The van der Waals surface area contributed by atoms with Crippen LogP contribution in [-0.4, -0.2) is 25.0 Å². The number of fused-ring (bicyclic) bond motifs is 1. The molecule has 0 bridgehead atoms. The number of hydrogen-bond donors (Lipinski definition) is 1. The van der Waals surface area contributed by atoms with Gasteiger partial charge >= 0.3 is 0 Å². The molecule has 0 spiro atoms. The van der Waals surface area contributed by atoms with E-state index >= 15 is 0 Å². The van der Waals surface area contributed by atoms with Gasteiger partial charge in [0.25, 0.3) is 0 Å². The highest BCUT2D eigenvalue weighted by molar-refractivity contribution is 6.31. The Morgan fingerprint density at radius 1 is 1.00 bits per heavy atom. The predicted octanol–water partition coefficient (Wildman–Crippen LogP) is 4.69. The molecule has 3 aromatic carbocycles. The number of rotatable bonds is 2. The molecule has 0 amide bonds. The van der Waals surface area contributed by atoms with Crippen LogP contribution in [0.15, 0.2) is 60.7 Å². The van der Waals surface area contributed by atoms with Crippen molar-refractivity contribution in [2.24, 2.45) is 0 Å². The molecule has 23 heavy (non-hydrogen) atoms. The van der Waals surface area contributed by atoms with E-state index in [-0.39, 0.29) is 6.17 Å². The van der Waals surface area contributed by atoms with Crippen molar-refractivity contribution in [2.75, 3.05) is 20.1 Å². The van der Waals surface area contributed by atoms with E-state index in [0.29, 0.717) is 0 Å². The molecule has 2 nitrogen and oxygen atoms in total. The van der Waals surface area contributed by atoms with Crippen LogP contribution in [-0.2, 0) is 0 Å². The van der Waals surface area contributed by atoms with Crippen LogP contribution in [0.2, 0.25) is 5.02 Å². The summed E-state index contributed by atoms with van der Waals surface area (Å²) >= 11 is 6.58. The third-order valence-electron chi connectivity index (χ3n) is 4.63. The van der Waals surface area contributed by atoms with Gasteiger partial charge in [-0.3, -0.25) is 10.2 Å². The van der Waals surface area contributed by atoms with Gasteiger partial charge in [0.1, 0.15) is 0 Å². The summed E-state index contributed by atoms with van der Waals surface area (Å²) in [6.45, 7) is 2.02. The van der Waals surface area contributed by atoms with E-state index in [9.17, 15) is 0 Å². The maximum atomic E-state index is 6.58. The summed E-state index contributed by atoms with van der Waals surface area (Å²) in [7, 11) is 2.14. The molecule has 1 N–H and O–H groups in total. The van der Waals surface area contributed by atoms with Crippen molar-refractivity contribution in [3.05, 3.63) is 71.2 Å². The van der Waals surface area contributed by atoms with Gasteiger partial charge in [-0.05, 0) is 41.1 Å². The first-order chi connectivity index (χ1) is 11.2. The van der Waals surface area contributed by atoms with Crippen LogP contribution >= 0.6 is 11.6 Å². The Bertz CT molecular complexity index is 859. The number of halogens is 1. The number of hydrogen-bond acceptors (Lipinski definition) is 2. The van der Waals surface area contributed by atoms with E-state index in [1.54, 1.807) is 0 Å². The molecule has 1 aliphatic rings. The second kappa shape index (κ2) is 5.97. The summed E-state index contributed by atoms with van der Waals surface area (Å²) < 4.78 is 0. The molecule has 1 aliphatic heterocycles. The minimum Gasteiger partial charge on any atom is -0.297 e. The van der Waals surface area contributed by atoms with Crippen molar-refractivity contribution in [3.8, 4) is 11.1 Å². The first-order valence-corrected chi connectivity index (χ1v) is 8.33. The first kappa shape index (κ1) is 14.7. The third kappa shape index (κ3) is 2.63. The minimum absolute atomic E-state index is 0.171. The Balaban J connectivity index is 1.88. The summed E-state index contributed by atoms with van der Waals surface area (Å²) in [5.41, 5.74) is 3.59. The molecule has 0 radical (unpaired) electrons. The zero-order valence-electron chi connectivity index (χ0n) is 13.1. The lowest BCUT2D eigenvalue weighted by Crippen LogP contribution is -2.24. The topological polar surface area (TPSA) is 15.3 Å². The lowest BCUT2D eigenvalue weighted by molar-refractivity contribution is 0.302. The molecule has 1 fully saturated rings. The highest BCUT2D eigenvalue weighted by Gasteiger charge is 2.26. The molecule has 0 aromatic heterocycles. The quantitative estimate of drug-likeness (QED) is 0.736. The second-order valence-corrected chi connectivity index (χ2v) is 6.51. The molecule has 1 unspecified atom stereocenters. The van der Waals surface area contributed by atoms with E-state index in [0.717, 1.165) is 18.1 Å². The zero-order chi connectivity index (χ0) is 15.8. The van der Waals surface area contributed by atoms with Crippen LogP contribution in [0.3, 0.4) is 0 Å². The van der Waals surface area contributed by atoms with Gasteiger partial charge in [-0.25, -0.2) is 0 Å². The number of likely N-dealkylation sites (N-methyl/N-ethyl adjacent to an activating group) is 1. The minimum atomic E-state index is 0.171. The molecule has 0 saturated carbocycles. The molecule has 4 rings (SSSR count).